The van der Waals surface area contributed by atoms with Gasteiger partial charge in [0.2, 0.25) is 0 Å². The van der Waals surface area contributed by atoms with Crippen molar-refractivity contribution in [3.8, 4) is 0 Å². The molecule has 5 nitrogen and oxygen atoms in total. The van der Waals surface area contributed by atoms with Crippen LogP contribution < -0.4 is 10.6 Å². The van der Waals surface area contributed by atoms with E-state index in [1.165, 1.54) is 70.0 Å². The van der Waals surface area contributed by atoms with E-state index in [0.29, 0.717) is 0 Å². The van der Waals surface area contributed by atoms with Gasteiger partial charge in [-0.1, -0.05) is 32.1 Å². The van der Waals surface area contributed by atoms with Crippen LogP contribution in [-0.2, 0) is 0 Å². The van der Waals surface area contributed by atoms with Gasteiger partial charge in [-0.15, -0.1) is 0 Å². The SMILES string of the molecule is CN(CCCNc1ccc(NC2=NCCCC2)cc1)CC1CCC(O)(CC2CCCCC2)CC1. The number of nitrogens with zero attached hydrogens (tertiary/aromatic N) is 2. The van der Waals surface area contributed by atoms with Crippen LogP contribution >= 0.6 is 0 Å². The average molecular weight is 469 g/mol. The molecule has 4 rings (SSSR count). The van der Waals surface area contributed by atoms with Gasteiger partial charge in [-0.3, -0.25) is 4.99 Å². The maximum absolute atomic E-state index is 11.1. The van der Waals surface area contributed by atoms with E-state index >= 15 is 0 Å². The Morgan fingerprint density at radius 3 is 2.38 bits per heavy atom. The second-order valence-electron chi connectivity index (χ2n) is 11.4. The summed E-state index contributed by atoms with van der Waals surface area (Å²) >= 11 is 0. The van der Waals surface area contributed by atoms with Crippen molar-refractivity contribution in [3.63, 3.8) is 0 Å². The van der Waals surface area contributed by atoms with Crippen LogP contribution in [0.2, 0.25) is 0 Å². The van der Waals surface area contributed by atoms with Crippen molar-refractivity contribution in [1.29, 1.82) is 0 Å². The van der Waals surface area contributed by atoms with Gasteiger partial charge in [0.15, 0.2) is 0 Å². The van der Waals surface area contributed by atoms with Crippen LogP contribution in [0.1, 0.15) is 89.9 Å². The number of aliphatic hydroxyl groups is 1. The van der Waals surface area contributed by atoms with Gasteiger partial charge in [0.05, 0.1) is 5.60 Å². The first-order valence-corrected chi connectivity index (χ1v) is 14.1. The zero-order valence-electron chi connectivity index (χ0n) is 21.5. The molecule has 1 aromatic rings. The van der Waals surface area contributed by atoms with Crippen LogP contribution in [0, 0.1) is 11.8 Å². The number of amidine groups is 1. The van der Waals surface area contributed by atoms with E-state index in [-0.39, 0.29) is 5.60 Å². The second kappa shape index (κ2) is 12.9. The summed E-state index contributed by atoms with van der Waals surface area (Å²) in [4.78, 5) is 7.07. The highest BCUT2D eigenvalue weighted by Gasteiger charge is 2.35. The second-order valence-corrected chi connectivity index (χ2v) is 11.4. The highest BCUT2D eigenvalue weighted by atomic mass is 16.3. The minimum Gasteiger partial charge on any atom is -0.390 e. The standard InChI is InChI=1S/C29H48N4O/c1-33(23-25-15-17-29(34,18-16-25)22-24-8-3-2-4-9-24)21-7-20-30-26-11-13-27(14-12-26)32-28-10-5-6-19-31-28/h11-14,24-25,30,34H,2-10,15-23H2,1H3,(H,31,32). The molecule has 2 fully saturated rings. The summed E-state index contributed by atoms with van der Waals surface area (Å²) in [6.45, 7) is 4.24. The number of rotatable bonds is 10. The van der Waals surface area contributed by atoms with Crippen molar-refractivity contribution in [2.45, 2.75) is 95.5 Å². The van der Waals surface area contributed by atoms with Crippen molar-refractivity contribution in [3.05, 3.63) is 24.3 Å². The Morgan fingerprint density at radius 2 is 1.68 bits per heavy atom. The fourth-order valence-electron chi connectivity index (χ4n) is 6.28. The Balaban J connectivity index is 1.08. The lowest BCUT2D eigenvalue weighted by atomic mass is 9.72. The minimum atomic E-state index is -0.365. The van der Waals surface area contributed by atoms with Crippen molar-refractivity contribution < 1.29 is 5.11 Å². The first-order valence-electron chi connectivity index (χ1n) is 14.1. The van der Waals surface area contributed by atoms with Gasteiger partial charge in [0.25, 0.3) is 0 Å². The van der Waals surface area contributed by atoms with E-state index in [2.05, 4.69) is 51.8 Å². The van der Waals surface area contributed by atoms with E-state index in [0.717, 1.165) is 75.1 Å². The van der Waals surface area contributed by atoms with E-state index in [1.807, 2.05) is 0 Å². The molecular weight excluding hydrogens is 420 g/mol. The average Bonchev–Trinajstić information content (AvgIpc) is 2.86. The predicted octanol–water partition coefficient (Wildman–Crippen LogP) is 6.31. The summed E-state index contributed by atoms with van der Waals surface area (Å²) in [7, 11) is 2.26. The third-order valence-corrected chi connectivity index (χ3v) is 8.34. The molecule has 0 radical (unpaired) electrons. The molecule has 1 heterocycles. The molecule has 34 heavy (non-hydrogen) atoms. The summed E-state index contributed by atoms with van der Waals surface area (Å²) in [6, 6.07) is 8.60. The minimum absolute atomic E-state index is 0.365. The summed E-state index contributed by atoms with van der Waals surface area (Å²) in [5.74, 6) is 2.66. The molecule has 0 aromatic heterocycles. The first kappa shape index (κ1) is 25.5. The molecule has 0 amide bonds. The van der Waals surface area contributed by atoms with Crippen LogP contribution in [0.15, 0.2) is 29.3 Å². The Labute approximate surface area is 207 Å². The highest BCUT2D eigenvalue weighted by molar-refractivity contribution is 5.95. The molecule has 2 saturated carbocycles. The third-order valence-electron chi connectivity index (χ3n) is 8.34. The molecule has 1 aliphatic heterocycles. The molecule has 0 saturated heterocycles. The van der Waals surface area contributed by atoms with Gasteiger partial charge >= 0.3 is 0 Å². The number of anilines is 2. The number of hydrogen-bond donors (Lipinski definition) is 3. The predicted molar refractivity (Wildman–Crippen MR) is 145 cm³/mol. The number of hydrogen-bond acceptors (Lipinski definition) is 5. The third kappa shape index (κ3) is 8.27. The molecule has 0 spiro atoms. The van der Waals surface area contributed by atoms with Gasteiger partial charge < -0.3 is 20.6 Å². The van der Waals surface area contributed by atoms with Gasteiger partial charge in [-0.2, -0.15) is 0 Å². The summed E-state index contributed by atoms with van der Waals surface area (Å²) < 4.78 is 0. The van der Waals surface area contributed by atoms with Crippen LogP contribution in [0.3, 0.4) is 0 Å². The Morgan fingerprint density at radius 1 is 0.941 bits per heavy atom. The van der Waals surface area contributed by atoms with E-state index in [9.17, 15) is 5.11 Å². The van der Waals surface area contributed by atoms with Crippen molar-refractivity contribution in [1.82, 2.24) is 4.90 Å². The number of nitrogens with one attached hydrogen (secondary N) is 2. The lowest BCUT2D eigenvalue weighted by Gasteiger charge is -2.40. The van der Waals surface area contributed by atoms with E-state index in [4.69, 9.17) is 0 Å². The number of benzene rings is 1. The van der Waals surface area contributed by atoms with E-state index in [1.54, 1.807) is 0 Å². The molecule has 1 aromatic carbocycles. The van der Waals surface area contributed by atoms with Crippen LogP contribution in [0.5, 0.6) is 0 Å². The largest absolute Gasteiger partial charge is 0.390 e. The molecular formula is C29H48N4O. The fourth-order valence-corrected chi connectivity index (χ4v) is 6.28. The highest BCUT2D eigenvalue weighted by Crippen LogP contribution is 2.40. The molecule has 5 heteroatoms. The summed E-state index contributed by atoms with van der Waals surface area (Å²) in [6.07, 6.45) is 17.0. The Hall–Kier alpha value is -1.59. The zero-order chi connectivity index (χ0) is 23.6. The molecule has 0 bridgehead atoms. The van der Waals surface area contributed by atoms with Crippen molar-refractivity contribution >= 4 is 17.2 Å². The molecule has 3 aliphatic rings. The van der Waals surface area contributed by atoms with E-state index < -0.39 is 0 Å². The van der Waals surface area contributed by atoms with Gasteiger partial charge in [0.1, 0.15) is 5.84 Å². The lowest BCUT2D eigenvalue weighted by Crippen LogP contribution is -2.39. The Kier molecular flexibility index (Phi) is 9.69. The van der Waals surface area contributed by atoms with Gasteiger partial charge in [-0.05, 0) is 101 Å². The van der Waals surface area contributed by atoms with Crippen LogP contribution in [0.25, 0.3) is 0 Å². The molecule has 2 aliphatic carbocycles. The van der Waals surface area contributed by atoms with Crippen LogP contribution in [0.4, 0.5) is 11.4 Å². The van der Waals surface area contributed by atoms with Crippen molar-refractivity contribution in [2.75, 3.05) is 43.9 Å². The monoisotopic (exact) mass is 468 g/mol. The maximum Gasteiger partial charge on any atom is 0.101 e. The topological polar surface area (TPSA) is 59.9 Å². The lowest BCUT2D eigenvalue weighted by molar-refractivity contribution is -0.0355. The molecule has 3 N–H and O–H groups in total. The maximum atomic E-state index is 11.1. The van der Waals surface area contributed by atoms with Crippen LogP contribution in [-0.4, -0.2) is 54.7 Å². The molecule has 0 atom stereocenters. The molecule has 190 valence electrons. The molecule has 0 unspecified atom stereocenters. The van der Waals surface area contributed by atoms with Gasteiger partial charge in [-0.25, -0.2) is 0 Å². The normalized spacial score (nSPS) is 26.3. The van der Waals surface area contributed by atoms with Gasteiger partial charge in [0, 0.05) is 37.4 Å². The number of aliphatic imine (C=N–C) groups is 1. The quantitative estimate of drug-likeness (QED) is 0.352. The fraction of sp³-hybridized carbons (Fsp3) is 0.759. The summed E-state index contributed by atoms with van der Waals surface area (Å²) in [5, 5.41) is 18.1. The van der Waals surface area contributed by atoms with Crippen molar-refractivity contribution in [2.24, 2.45) is 16.8 Å². The zero-order valence-corrected chi connectivity index (χ0v) is 21.5. The smallest absolute Gasteiger partial charge is 0.101 e. The first-order chi connectivity index (χ1) is 16.6. The Bertz CT molecular complexity index is 748. The summed E-state index contributed by atoms with van der Waals surface area (Å²) in [5.41, 5.74) is 1.95.